The predicted octanol–water partition coefficient (Wildman–Crippen LogP) is 3.36. The van der Waals surface area contributed by atoms with Crippen molar-refractivity contribution in [1.82, 2.24) is 9.97 Å². The Morgan fingerprint density at radius 3 is 2.48 bits per heavy atom. The molecule has 0 aliphatic carbocycles. The maximum Gasteiger partial charge on any atom is 0.237 e. The third kappa shape index (κ3) is 2.64. The average Bonchev–Trinajstić information content (AvgIpc) is 2.51. The van der Waals surface area contributed by atoms with Crippen LogP contribution in [-0.4, -0.2) is 15.8 Å². The summed E-state index contributed by atoms with van der Waals surface area (Å²) in [6.07, 6.45) is 2.83. The molecule has 0 amide bonds. The van der Waals surface area contributed by atoms with E-state index in [1.807, 2.05) is 24.3 Å². The number of nitrogens with two attached hydrogens (primary N) is 1. The molecule has 0 fully saturated rings. The van der Waals surface area contributed by atoms with Gasteiger partial charge in [-0.1, -0.05) is 35.9 Å². The van der Waals surface area contributed by atoms with Crippen molar-refractivity contribution in [3.05, 3.63) is 59.5 Å². The second-order valence-corrected chi connectivity index (χ2v) is 4.75. The molecular formula is C15H11ClN4O. The van der Waals surface area contributed by atoms with Crippen LogP contribution in [0.4, 0.5) is 0 Å². The molecule has 6 heteroatoms. The monoisotopic (exact) mass is 298 g/mol. The van der Waals surface area contributed by atoms with Gasteiger partial charge in [-0.25, -0.2) is 9.97 Å². The number of halogens is 1. The number of hydrogen-bond donors (Lipinski definition) is 2. The lowest BCUT2D eigenvalue weighted by molar-refractivity contribution is 0.465. The zero-order valence-corrected chi connectivity index (χ0v) is 11.6. The molecule has 21 heavy (non-hydrogen) atoms. The van der Waals surface area contributed by atoms with E-state index in [-0.39, 0.29) is 5.84 Å². The number of fused-ring (bicyclic) bond motifs is 1. The first kappa shape index (κ1) is 13.3. The third-order valence-electron chi connectivity index (χ3n) is 2.95. The molecule has 2 aromatic carbocycles. The van der Waals surface area contributed by atoms with Gasteiger partial charge in [0.2, 0.25) is 5.88 Å². The second-order valence-electron chi connectivity index (χ2n) is 4.35. The van der Waals surface area contributed by atoms with E-state index in [1.165, 1.54) is 12.4 Å². The summed E-state index contributed by atoms with van der Waals surface area (Å²) >= 11 is 6.17. The van der Waals surface area contributed by atoms with Crippen LogP contribution in [0.5, 0.6) is 11.6 Å². The molecule has 5 nitrogen and oxygen atoms in total. The normalized spacial score (nSPS) is 10.5. The first-order valence-corrected chi connectivity index (χ1v) is 6.54. The van der Waals surface area contributed by atoms with E-state index in [0.29, 0.717) is 22.3 Å². The standard InChI is InChI=1S/C15H11ClN4O/c16-11-5-6-13(10-4-2-1-3-9(10)11)21-14-8-19-12(7-20-14)15(17)18/h1-8H,(H3,17,18). The highest BCUT2D eigenvalue weighted by molar-refractivity contribution is 6.35. The molecule has 0 atom stereocenters. The van der Waals surface area contributed by atoms with Gasteiger partial charge >= 0.3 is 0 Å². The summed E-state index contributed by atoms with van der Waals surface area (Å²) in [5.74, 6) is 0.832. The van der Waals surface area contributed by atoms with Gasteiger partial charge in [0, 0.05) is 15.8 Å². The summed E-state index contributed by atoms with van der Waals surface area (Å²) in [5, 5.41) is 9.74. The molecule has 1 aromatic heterocycles. The van der Waals surface area contributed by atoms with E-state index in [0.717, 1.165) is 10.8 Å². The van der Waals surface area contributed by atoms with Crippen LogP contribution in [0.2, 0.25) is 5.02 Å². The minimum absolute atomic E-state index is 0.133. The van der Waals surface area contributed by atoms with Gasteiger partial charge in [-0.2, -0.15) is 0 Å². The van der Waals surface area contributed by atoms with Crippen molar-refractivity contribution >= 4 is 28.2 Å². The number of nitrogens with zero attached hydrogens (tertiary/aromatic N) is 2. The largest absolute Gasteiger partial charge is 0.437 e. The van der Waals surface area contributed by atoms with Gasteiger partial charge in [0.05, 0.1) is 12.4 Å². The summed E-state index contributed by atoms with van der Waals surface area (Å²) in [5.41, 5.74) is 5.64. The molecule has 0 aliphatic heterocycles. The van der Waals surface area contributed by atoms with Crippen LogP contribution in [0.25, 0.3) is 10.8 Å². The second kappa shape index (κ2) is 5.38. The Kier molecular flexibility index (Phi) is 3.41. The lowest BCUT2D eigenvalue weighted by atomic mass is 10.1. The number of hydrogen-bond acceptors (Lipinski definition) is 4. The fourth-order valence-corrected chi connectivity index (χ4v) is 2.17. The molecule has 3 rings (SSSR count). The van der Waals surface area contributed by atoms with Gasteiger partial charge in [-0.15, -0.1) is 0 Å². The van der Waals surface area contributed by atoms with Crippen LogP contribution in [0.3, 0.4) is 0 Å². The van der Waals surface area contributed by atoms with Crippen LogP contribution in [0, 0.1) is 5.41 Å². The Bertz CT molecular complexity index is 818. The number of ether oxygens (including phenoxy) is 1. The molecule has 0 bridgehead atoms. The van der Waals surface area contributed by atoms with E-state index in [2.05, 4.69) is 9.97 Å². The maximum absolute atomic E-state index is 7.28. The molecule has 0 radical (unpaired) electrons. The minimum Gasteiger partial charge on any atom is -0.437 e. The van der Waals surface area contributed by atoms with Gasteiger partial charge in [-0.05, 0) is 12.1 Å². The summed E-state index contributed by atoms with van der Waals surface area (Å²) in [6, 6.07) is 11.2. The van der Waals surface area contributed by atoms with Crippen LogP contribution < -0.4 is 10.5 Å². The number of nitrogen functional groups attached to an aromatic ring is 1. The zero-order valence-electron chi connectivity index (χ0n) is 10.9. The topological polar surface area (TPSA) is 84.9 Å². The average molecular weight is 299 g/mol. The molecule has 0 spiro atoms. The Labute approximate surface area is 125 Å². The van der Waals surface area contributed by atoms with E-state index < -0.39 is 0 Å². The Morgan fingerprint density at radius 2 is 1.81 bits per heavy atom. The highest BCUT2D eigenvalue weighted by Gasteiger charge is 2.08. The van der Waals surface area contributed by atoms with Crippen molar-refractivity contribution in [3.63, 3.8) is 0 Å². The maximum atomic E-state index is 7.28. The number of rotatable bonds is 3. The molecule has 0 aliphatic rings. The summed E-state index contributed by atoms with van der Waals surface area (Å²) in [4.78, 5) is 8.09. The Balaban J connectivity index is 1.98. The van der Waals surface area contributed by atoms with Gasteiger partial charge in [0.1, 0.15) is 17.3 Å². The molecule has 0 saturated carbocycles. The summed E-state index contributed by atoms with van der Waals surface area (Å²) in [7, 11) is 0. The molecule has 0 unspecified atom stereocenters. The molecular weight excluding hydrogens is 288 g/mol. The van der Waals surface area contributed by atoms with E-state index in [1.54, 1.807) is 12.1 Å². The number of benzene rings is 2. The fraction of sp³-hybridized carbons (Fsp3) is 0. The first-order chi connectivity index (χ1) is 10.1. The van der Waals surface area contributed by atoms with Crippen molar-refractivity contribution in [1.29, 1.82) is 5.41 Å². The smallest absolute Gasteiger partial charge is 0.237 e. The van der Waals surface area contributed by atoms with Gasteiger partial charge in [-0.3, -0.25) is 5.41 Å². The molecule has 1 heterocycles. The fourth-order valence-electron chi connectivity index (χ4n) is 1.94. The quantitative estimate of drug-likeness (QED) is 0.573. The lowest BCUT2D eigenvalue weighted by Gasteiger charge is -2.09. The third-order valence-corrected chi connectivity index (χ3v) is 3.28. The summed E-state index contributed by atoms with van der Waals surface area (Å²) < 4.78 is 5.74. The Morgan fingerprint density at radius 1 is 1.05 bits per heavy atom. The highest BCUT2D eigenvalue weighted by Crippen LogP contribution is 2.33. The molecule has 3 N–H and O–H groups in total. The first-order valence-electron chi connectivity index (χ1n) is 6.16. The zero-order chi connectivity index (χ0) is 14.8. The van der Waals surface area contributed by atoms with Gasteiger partial charge in [0.15, 0.2) is 0 Å². The molecule has 104 valence electrons. The van der Waals surface area contributed by atoms with Crippen molar-refractivity contribution in [2.24, 2.45) is 5.73 Å². The minimum atomic E-state index is -0.133. The van der Waals surface area contributed by atoms with Crippen LogP contribution in [0.15, 0.2) is 48.8 Å². The van der Waals surface area contributed by atoms with Crippen molar-refractivity contribution in [2.75, 3.05) is 0 Å². The lowest BCUT2D eigenvalue weighted by Crippen LogP contribution is -2.13. The summed E-state index contributed by atoms with van der Waals surface area (Å²) in [6.45, 7) is 0. The van der Waals surface area contributed by atoms with E-state index in [9.17, 15) is 0 Å². The van der Waals surface area contributed by atoms with E-state index in [4.69, 9.17) is 27.5 Å². The number of amidine groups is 1. The molecule has 3 aromatic rings. The predicted molar refractivity (Wildman–Crippen MR) is 82.1 cm³/mol. The van der Waals surface area contributed by atoms with Crippen LogP contribution >= 0.6 is 11.6 Å². The molecule has 0 saturated heterocycles. The van der Waals surface area contributed by atoms with Crippen molar-refractivity contribution in [2.45, 2.75) is 0 Å². The van der Waals surface area contributed by atoms with Crippen molar-refractivity contribution in [3.8, 4) is 11.6 Å². The van der Waals surface area contributed by atoms with Crippen molar-refractivity contribution < 1.29 is 4.74 Å². The SMILES string of the molecule is N=C(N)c1cnc(Oc2ccc(Cl)c3ccccc23)cn1. The van der Waals surface area contributed by atoms with Gasteiger partial charge in [0.25, 0.3) is 0 Å². The number of nitrogens with one attached hydrogen (secondary N) is 1. The van der Waals surface area contributed by atoms with Crippen LogP contribution in [-0.2, 0) is 0 Å². The highest BCUT2D eigenvalue weighted by atomic mass is 35.5. The van der Waals surface area contributed by atoms with Crippen LogP contribution in [0.1, 0.15) is 5.69 Å². The number of aromatic nitrogens is 2. The Hall–Kier alpha value is -2.66. The van der Waals surface area contributed by atoms with E-state index >= 15 is 0 Å². The van der Waals surface area contributed by atoms with Gasteiger partial charge < -0.3 is 10.5 Å².